The second-order valence-electron chi connectivity index (χ2n) is 4.92. The predicted octanol–water partition coefficient (Wildman–Crippen LogP) is 3.51. The van der Waals surface area contributed by atoms with Crippen LogP contribution in [0.2, 0.25) is 0 Å². The van der Waals surface area contributed by atoms with Gasteiger partial charge in [-0.05, 0) is 18.2 Å². The Labute approximate surface area is 135 Å². The molecule has 6 nitrogen and oxygen atoms in total. The Morgan fingerprint density at radius 3 is 2.75 bits per heavy atom. The Hall–Kier alpha value is -2.75. The van der Waals surface area contributed by atoms with Crippen LogP contribution in [0.4, 0.5) is 13.2 Å². The molecule has 4 rings (SSSR count). The summed E-state index contributed by atoms with van der Waals surface area (Å²) in [5, 5.41) is 10.8. The van der Waals surface area contributed by atoms with Crippen molar-refractivity contribution in [3.63, 3.8) is 0 Å². The Morgan fingerprint density at radius 2 is 2.04 bits per heavy atom. The fourth-order valence-corrected chi connectivity index (χ4v) is 3.41. The van der Waals surface area contributed by atoms with Gasteiger partial charge in [0.15, 0.2) is 27.8 Å². The summed E-state index contributed by atoms with van der Waals surface area (Å²) >= 11 is 0.927. The smallest absolute Gasteiger partial charge is 0.435 e. The zero-order chi connectivity index (χ0) is 17.1. The minimum absolute atomic E-state index is 0.0487. The fraction of sp³-hybridized carbons (Fsp3) is 0.143. The van der Waals surface area contributed by atoms with Crippen molar-refractivity contribution in [3.05, 3.63) is 35.0 Å². The van der Waals surface area contributed by atoms with Gasteiger partial charge in [-0.1, -0.05) is 0 Å². The van der Waals surface area contributed by atoms with E-state index in [4.69, 9.17) is 9.47 Å². The zero-order valence-electron chi connectivity index (χ0n) is 11.6. The monoisotopic (exact) mass is 356 g/mol. The van der Waals surface area contributed by atoms with Crippen molar-refractivity contribution >= 4 is 22.3 Å². The number of carboxylic acid groups (broad SMARTS) is 1. The number of carbonyl (C=O) groups is 1. The third-order valence-electron chi connectivity index (χ3n) is 3.50. The van der Waals surface area contributed by atoms with Gasteiger partial charge in [-0.15, -0.1) is 11.3 Å². The quantitative estimate of drug-likeness (QED) is 0.761. The molecular weight excluding hydrogens is 349 g/mol. The van der Waals surface area contributed by atoms with Gasteiger partial charge in [0, 0.05) is 10.9 Å². The van der Waals surface area contributed by atoms with Gasteiger partial charge < -0.3 is 14.6 Å². The molecule has 3 aromatic rings. The molecule has 1 N–H and O–H groups in total. The maximum atomic E-state index is 13.1. The van der Waals surface area contributed by atoms with Crippen molar-refractivity contribution in [2.45, 2.75) is 6.18 Å². The summed E-state index contributed by atoms with van der Waals surface area (Å²) in [7, 11) is 0. The molecule has 3 heterocycles. The normalized spacial score (nSPS) is 13.6. The highest BCUT2D eigenvalue weighted by molar-refractivity contribution is 7.15. The summed E-state index contributed by atoms with van der Waals surface area (Å²) in [4.78, 5) is 14.8. The van der Waals surface area contributed by atoms with Gasteiger partial charge in [-0.2, -0.15) is 13.2 Å². The van der Waals surface area contributed by atoms with Gasteiger partial charge in [-0.25, -0.2) is 9.78 Å². The van der Waals surface area contributed by atoms with E-state index in [1.54, 1.807) is 23.6 Å². The number of halogens is 3. The molecule has 0 unspecified atom stereocenters. The van der Waals surface area contributed by atoms with Crippen LogP contribution in [0.3, 0.4) is 0 Å². The number of hydrogen-bond acceptors (Lipinski definition) is 5. The van der Waals surface area contributed by atoms with Crippen LogP contribution in [0, 0.1) is 0 Å². The summed E-state index contributed by atoms with van der Waals surface area (Å²) in [5.41, 5.74) is -1.54. The average Bonchev–Trinajstić information content (AvgIpc) is 3.19. The number of fused-ring (bicyclic) bond motifs is 2. The molecule has 1 aromatic carbocycles. The summed E-state index contributed by atoms with van der Waals surface area (Å²) in [5.74, 6) is -0.736. The first kappa shape index (κ1) is 14.8. The highest BCUT2D eigenvalue weighted by atomic mass is 32.1. The number of ether oxygens (including phenoxy) is 2. The van der Waals surface area contributed by atoms with E-state index in [9.17, 15) is 23.1 Å². The minimum Gasteiger partial charge on any atom is -0.476 e. The van der Waals surface area contributed by atoms with E-state index in [1.807, 2.05) is 0 Å². The van der Waals surface area contributed by atoms with Crippen molar-refractivity contribution in [2.75, 3.05) is 6.79 Å². The highest BCUT2D eigenvalue weighted by Crippen LogP contribution is 2.39. The molecule has 0 amide bonds. The Kier molecular flexibility index (Phi) is 3.01. The molecule has 0 radical (unpaired) electrons. The number of hydrogen-bond donors (Lipinski definition) is 1. The summed E-state index contributed by atoms with van der Waals surface area (Å²) in [6.45, 7) is 0.0571. The van der Waals surface area contributed by atoms with Crippen LogP contribution in [0.25, 0.3) is 16.2 Å². The van der Waals surface area contributed by atoms with Crippen LogP contribution in [0.15, 0.2) is 23.6 Å². The minimum atomic E-state index is -4.86. The predicted molar refractivity (Wildman–Crippen MR) is 76.6 cm³/mol. The van der Waals surface area contributed by atoms with Crippen molar-refractivity contribution in [3.8, 4) is 22.8 Å². The Morgan fingerprint density at radius 1 is 1.29 bits per heavy atom. The molecule has 0 saturated heterocycles. The maximum Gasteiger partial charge on any atom is 0.435 e. The lowest BCUT2D eigenvalue weighted by Crippen LogP contribution is -2.14. The molecule has 0 fully saturated rings. The van der Waals surface area contributed by atoms with Crippen LogP contribution < -0.4 is 9.47 Å². The number of imidazole rings is 1. The second-order valence-corrected chi connectivity index (χ2v) is 5.76. The summed E-state index contributed by atoms with van der Waals surface area (Å²) in [6, 6.07) is 4.82. The zero-order valence-corrected chi connectivity index (χ0v) is 12.4. The van der Waals surface area contributed by atoms with Crippen LogP contribution in [0.1, 0.15) is 16.2 Å². The SMILES string of the molecule is O=C(O)c1c(C(F)(F)F)nc2scc(-c3ccc4c(c3)OCO4)n12. The first-order valence-electron chi connectivity index (χ1n) is 6.56. The molecule has 0 saturated carbocycles. The first-order valence-corrected chi connectivity index (χ1v) is 7.44. The van der Waals surface area contributed by atoms with Crippen LogP contribution >= 0.6 is 11.3 Å². The summed E-state index contributed by atoms with van der Waals surface area (Å²) < 4.78 is 50.6. The van der Waals surface area contributed by atoms with Gasteiger partial charge in [0.2, 0.25) is 6.79 Å². The molecule has 24 heavy (non-hydrogen) atoms. The number of alkyl halides is 3. The van der Waals surface area contributed by atoms with E-state index in [2.05, 4.69) is 4.98 Å². The number of nitrogens with zero attached hydrogens (tertiary/aromatic N) is 2. The summed E-state index contributed by atoms with van der Waals surface area (Å²) in [6.07, 6.45) is -4.86. The lowest BCUT2D eigenvalue weighted by Gasteiger charge is -2.06. The van der Waals surface area contributed by atoms with E-state index in [-0.39, 0.29) is 17.4 Å². The lowest BCUT2D eigenvalue weighted by atomic mass is 10.1. The highest BCUT2D eigenvalue weighted by Gasteiger charge is 2.41. The molecule has 1 aliphatic heterocycles. The number of aromatic carboxylic acids is 1. The Bertz CT molecular complexity index is 976. The fourth-order valence-electron chi connectivity index (χ4n) is 2.51. The molecule has 0 bridgehead atoms. The van der Waals surface area contributed by atoms with Gasteiger partial charge in [0.1, 0.15) is 0 Å². The maximum absolute atomic E-state index is 13.1. The molecule has 0 spiro atoms. The van der Waals surface area contributed by atoms with Crippen LogP contribution in [0.5, 0.6) is 11.5 Å². The Balaban J connectivity index is 1.97. The van der Waals surface area contributed by atoms with E-state index in [0.29, 0.717) is 17.1 Å². The topological polar surface area (TPSA) is 73.1 Å². The molecule has 2 aromatic heterocycles. The van der Waals surface area contributed by atoms with E-state index in [1.165, 1.54) is 0 Å². The van der Waals surface area contributed by atoms with Crippen molar-refractivity contribution in [2.24, 2.45) is 0 Å². The average molecular weight is 356 g/mol. The molecule has 1 aliphatic rings. The molecule has 0 aliphatic carbocycles. The molecule has 0 atom stereocenters. The number of aromatic nitrogens is 2. The van der Waals surface area contributed by atoms with Crippen molar-refractivity contribution < 1.29 is 32.5 Å². The van der Waals surface area contributed by atoms with Crippen LogP contribution in [-0.4, -0.2) is 27.3 Å². The third-order valence-corrected chi connectivity index (χ3v) is 4.33. The molecular formula is C14H7F3N2O4S. The third kappa shape index (κ3) is 2.10. The van der Waals surface area contributed by atoms with Gasteiger partial charge in [0.05, 0.1) is 5.69 Å². The standard InChI is InChI=1S/C14H7F3N2O4S/c15-14(16,17)11-10(12(20)21)19-7(4-24-13(19)18-11)6-1-2-8-9(3-6)23-5-22-8/h1-4H,5H2,(H,20,21). The van der Waals surface area contributed by atoms with Crippen molar-refractivity contribution in [1.29, 1.82) is 0 Å². The molecule has 10 heteroatoms. The van der Waals surface area contributed by atoms with Gasteiger partial charge in [-0.3, -0.25) is 4.40 Å². The number of rotatable bonds is 2. The van der Waals surface area contributed by atoms with E-state index in [0.717, 1.165) is 15.7 Å². The number of carboxylic acids is 1. The van der Waals surface area contributed by atoms with Crippen molar-refractivity contribution in [1.82, 2.24) is 9.38 Å². The largest absolute Gasteiger partial charge is 0.476 e. The number of thiazole rings is 1. The van der Waals surface area contributed by atoms with Crippen LogP contribution in [-0.2, 0) is 6.18 Å². The second kappa shape index (κ2) is 4.87. The lowest BCUT2D eigenvalue weighted by molar-refractivity contribution is -0.141. The number of benzene rings is 1. The molecule has 124 valence electrons. The van der Waals surface area contributed by atoms with Gasteiger partial charge >= 0.3 is 12.1 Å². The first-order chi connectivity index (χ1) is 11.4. The van der Waals surface area contributed by atoms with E-state index >= 15 is 0 Å². The van der Waals surface area contributed by atoms with E-state index < -0.39 is 23.5 Å². The van der Waals surface area contributed by atoms with Gasteiger partial charge in [0.25, 0.3) is 0 Å².